The van der Waals surface area contributed by atoms with Gasteiger partial charge in [-0.25, -0.2) is 10.0 Å². The van der Waals surface area contributed by atoms with E-state index in [9.17, 15) is 0 Å². The molecule has 1 rings (SSSR count). The van der Waals surface area contributed by atoms with Crippen LogP contribution in [0.25, 0.3) is 0 Å². The average Bonchev–Trinajstić information content (AvgIpc) is 1.98. The van der Waals surface area contributed by atoms with E-state index in [1.807, 2.05) is 0 Å². The quantitative estimate of drug-likeness (QED) is 0.426. The summed E-state index contributed by atoms with van der Waals surface area (Å²) in [5, 5.41) is 6.47. The lowest BCUT2D eigenvalue weighted by atomic mass is 10.6. The summed E-state index contributed by atoms with van der Waals surface area (Å²) in [6.07, 6.45) is 0. The number of likely N-dealkylation sites (N-methyl/N-ethyl adjacent to an activating group) is 2. The number of hydrogen-bond donors (Lipinski definition) is 0. The Balaban J connectivity index is 2.44. The molecule has 0 N–H and O–H groups in total. The summed E-state index contributed by atoms with van der Waals surface area (Å²) in [5.41, 5.74) is 0. The average molecular weight is 115 g/mol. The molecule has 0 aromatic rings. The maximum atomic E-state index is 2.18. The SMILES string of the molecule is CN1CCN(C)N1C. The van der Waals surface area contributed by atoms with Crippen LogP contribution in [0.2, 0.25) is 0 Å². The maximum Gasteiger partial charge on any atom is 0.0285 e. The van der Waals surface area contributed by atoms with Gasteiger partial charge in [0.1, 0.15) is 0 Å². The highest BCUT2D eigenvalue weighted by atomic mass is 15.9. The Morgan fingerprint density at radius 3 is 1.38 bits per heavy atom. The minimum Gasteiger partial charge on any atom is -0.230 e. The van der Waals surface area contributed by atoms with Gasteiger partial charge in [-0.15, -0.1) is 0 Å². The molecule has 1 aliphatic heterocycles. The highest BCUT2D eigenvalue weighted by Gasteiger charge is 2.17. The third-order valence-corrected chi connectivity index (χ3v) is 1.74. The van der Waals surface area contributed by atoms with Crippen LogP contribution in [0.15, 0.2) is 0 Å². The van der Waals surface area contributed by atoms with Gasteiger partial charge >= 0.3 is 0 Å². The van der Waals surface area contributed by atoms with Crippen molar-refractivity contribution in [3.05, 3.63) is 0 Å². The lowest BCUT2D eigenvalue weighted by Crippen LogP contribution is -2.36. The van der Waals surface area contributed by atoms with E-state index in [2.05, 4.69) is 36.3 Å². The monoisotopic (exact) mass is 115 g/mol. The first kappa shape index (κ1) is 6.01. The lowest BCUT2D eigenvalue weighted by molar-refractivity contribution is -0.0658. The van der Waals surface area contributed by atoms with Gasteiger partial charge < -0.3 is 0 Å². The van der Waals surface area contributed by atoms with Gasteiger partial charge in [0.05, 0.1) is 0 Å². The minimum absolute atomic E-state index is 1.15. The predicted molar refractivity (Wildman–Crippen MR) is 33.0 cm³/mol. The molecule has 0 bridgehead atoms. The predicted octanol–water partition coefficient (Wildman–Crippen LogP) is -0.375. The molecule has 0 aliphatic carbocycles. The summed E-state index contributed by atoms with van der Waals surface area (Å²) in [7, 11) is 6.24. The largest absolute Gasteiger partial charge is 0.230 e. The molecule has 0 saturated carbocycles. The van der Waals surface area contributed by atoms with Gasteiger partial charge in [-0.2, -0.15) is 5.12 Å². The van der Waals surface area contributed by atoms with Crippen molar-refractivity contribution in [1.29, 1.82) is 0 Å². The van der Waals surface area contributed by atoms with Crippen LogP contribution in [0.3, 0.4) is 0 Å². The minimum atomic E-state index is 1.15. The number of nitrogens with zero attached hydrogens (tertiary/aromatic N) is 3. The van der Waals surface area contributed by atoms with Crippen LogP contribution in [0.5, 0.6) is 0 Å². The number of hydrogen-bond acceptors (Lipinski definition) is 3. The van der Waals surface area contributed by atoms with E-state index in [4.69, 9.17) is 0 Å². The van der Waals surface area contributed by atoms with Crippen LogP contribution >= 0.6 is 0 Å². The second kappa shape index (κ2) is 2.01. The van der Waals surface area contributed by atoms with Crippen molar-refractivity contribution in [3.63, 3.8) is 0 Å². The van der Waals surface area contributed by atoms with Crippen molar-refractivity contribution in [1.82, 2.24) is 15.1 Å². The van der Waals surface area contributed by atoms with Gasteiger partial charge in [-0.1, -0.05) is 0 Å². The summed E-state index contributed by atoms with van der Waals surface area (Å²) in [6.45, 7) is 2.29. The zero-order valence-corrected chi connectivity index (χ0v) is 5.76. The fraction of sp³-hybridized carbons (Fsp3) is 1.00. The summed E-state index contributed by atoms with van der Waals surface area (Å²) >= 11 is 0. The Bertz CT molecular complexity index is 73.7. The molecule has 0 unspecified atom stereocenters. The van der Waals surface area contributed by atoms with Crippen molar-refractivity contribution in [3.8, 4) is 0 Å². The molecular weight excluding hydrogens is 102 g/mol. The molecule has 0 aromatic carbocycles. The van der Waals surface area contributed by atoms with Gasteiger partial charge in [0.2, 0.25) is 0 Å². The van der Waals surface area contributed by atoms with Crippen molar-refractivity contribution < 1.29 is 0 Å². The Morgan fingerprint density at radius 1 is 0.875 bits per heavy atom. The van der Waals surface area contributed by atoms with E-state index in [0.29, 0.717) is 0 Å². The van der Waals surface area contributed by atoms with E-state index in [-0.39, 0.29) is 0 Å². The Hall–Kier alpha value is -0.120. The number of rotatable bonds is 0. The third-order valence-electron chi connectivity index (χ3n) is 1.74. The second-order valence-corrected chi connectivity index (χ2v) is 2.25. The zero-order valence-electron chi connectivity index (χ0n) is 5.76. The van der Waals surface area contributed by atoms with Crippen LogP contribution in [-0.4, -0.2) is 49.4 Å². The first-order valence-electron chi connectivity index (χ1n) is 2.87. The van der Waals surface area contributed by atoms with Crippen molar-refractivity contribution in [2.24, 2.45) is 0 Å². The molecule has 0 aromatic heterocycles. The third kappa shape index (κ3) is 0.844. The molecule has 0 spiro atoms. The molecule has 0 atom stereocenters. The molecule has 1 fully saturated rings. The summed E-state index contributed by atoms with van der Waals surface area (Å²) in [5.74, 6) is 0. The van der Waals surface area contributed by atoms with E-state index in [0.717, 1.165) is 13.1 Å². The molecule has 3 nitrogen and oxygen atoms in total. The van der Waals surface area contributed by atoms with Gasteiger partial charge in [-0.05, 0) is 0 Å². The molecule has 0 radical (unpaired) electrons. The topological polar surface area (TPSA) is 9.72 Å². The van der Waals surface area contributed by atoms with Crippen LogP contribution in [-0.2, 0) is 0 Å². The molecule has 0 amide bonds. The molecule has 1 heterocycles. The fourth-order valence-electron chi connectivity index (χ4n) is 0.840. The van der Waals surface area contributed by atoms with Crippen molar-refractivity contribution >= 4 is 0 Å². The molecule has 48 valence electrons. The highest BCUT2D eigenvalue weighted by molar-refractivity contribution is 4.56. The highest BCUT2D eigenvalue weighted by Crippen LogP contribution is 2.02. The molecule has 1 saturated heterocycles. The Morgan fingerprint density at radius 2 is 1.25 bits per heavy atom. The van der Waals surface area contributed by atoms with Crippen LogP contribution < -0.4 is 0 Å². The summed E-state index contributed by atoms with van der Waals surface area (Å²) in [6, 6.07) is 0. The Labute approximate surface area is 50.4 Å². The van der Waals surface area contributed by atoms with Crippen LogP contribution in [0.1, 0.15) is 0 Å². The molecule has 8 heavy (non-hydrogen) atoms. The second-order valence-electron chi connectivity index (χ2n) is 2.25. The van der Waals surface area contributed by atoms with Crippen molar-refractivity contribution in [2.45, 2.75) is 0 Å². The summed E-state index contributed by atoms with van der Waals surface area (Å²) in [4.78, 5) is 0. The first-order valence-corrected chi connectivity index (χ1v) is 2.87. The van der Waals surface area contributed by atoms with Gasteiger partial charge in [0, 0.05) is 34.2 Å². The first-order chi connectivity index (χ1) is 3.72. The fourth-order valence-corrected chi connectivity index (χ4v) is 0.840. The molecular formula is C5H13N3. The van der Waals surface area contributed by atoms with E-state index in [1.165, 1.54) is 0 Å². The van der Waals surface area contributed by atoms with Crippen LogP contribution in [0, 0.1) is 0 Å². The van der Waals surface area contributed by atoms with E-state index < -0.39 is 0 Å². The Kier molecular flexibility index (Phi) is 1.51. The van der Waals surface area contributed by atoms with Gasteiger partial charge in [0.15, 0.2) is 0 Å². The summed E-state index contributed by atoms with van der Waals surface area (Å²) < 4.78 is 0. The number of hydrazine groups is 2. The van der Waals surface area contributed by atoms with E-state index in [1.54, 1.807) is 0 Å². The zero-order chi connectivity index (χ0) is 6.15. The van der Waals surface area contributed by atoms with Gasteiger partial charge in [-0.3, -0.25) is 0 Å². The maximum absolute atomic E-state index is 2.18. The smallest absolute Gasteiger partial charge is 0.0285 e. The van der Waals surface area contributed by atoms with Crippen molar-refractivity contribution in [2.75, 3.05) is 34.2 Å². The normalized spacial score (nSPS) is 27.4. The standard InChI is InChI=1S/C5H13N3/c1-6-4-5-7(2)8(6)3/h4-5H2,1-3H3. The lowest BCUT2D eigenvalue weighted by Gasteiger charge is -2.23. The molecule has 1 aliphatic rings. The molecule has 3 heteroatoms. The van der Waals surface area contributed by atoms with Crippen LogP contribution in [0.4, 0.5) is 0 Å². The van der Waals surface area contributed by atoms with Gasteiger partial charge in [0.25, 0.3) is 0 Å². The van der Waals surface area contributed by atoms with E-state index >= 15 is 0 Å².